The van der Waals surface area contributed by atoms with E-state index < -0.39 is 0 Å². The van der Waals surface area contributed by atoms with Gasteiger partial charge in [0.1, 0.15) is 11.6 Å². The van der Waals surface area contributed by atoms with Gasteiger partial charge in [0.2, 0.25) is 0 Å². The lowest BCUT2D eigenvalue weighted by Gasteiger charge is -2.18. The molecule has 0 saturated heterocycles. The summed E-state index contributed by atoms with van der Waals surface area (Å²) >= 11 is 0. The van der Waals surface area contributed by atoms with Crippen LogP contribution >= 0.6 is 0 Å². The Labute approximate surface area is 129 Å². The molecule has 0 saturated carbocycles. The quantitative estimate of drug-likeness (QED) is 0.771. The largest absolute Gasteiger partial charge is 0.362 e. The van der Waals surface area contributed by atoms with E-state index in [1.54, 1.807) is 12.3 Å². The molecule has 3 nitrogen and oxygen atoms in total. The zero-order chi connectivity index (χ0) is 15.7. The van der Waals surface area contributed by atoms with Crippen molar-refractivity contribution in [2.45, 2.75) is 6.92 Å². The van der Waals surface area contributed by atoms with E-state index in [1.165, 1.54) is 12.1 Å². The van der Waals surface area contributed by atoms with E-state index in [4.69, 9.17) is 0 Å². The minimum atomic E-state index is -0.260. The second-order valence-electron chi connectivity index (χ2n) is 5.52. The zero-order valence-corrected chi connectivity index (χ0v) is 12.9. The minimum absolute atomic E-state index is 0.260. The van der Waals surface area contributed by atoms with Crippen LogP contribution in [0.5, 0.6) is 0 Å². The highest BCUT2D eigenvalue weighted by molar-refractivity contribution is 6.03. The van der Waals surface area contributed by atoms with Crippen molar-refractivity contribution in [3.8, 4) is 0 Å². The van der Waals surface area contributed by atoms with E-state index in [1.807, 2.05) is 31.1 Å². The zero-order valence-electron chi connectivity index (χ0n) is 12.9. The minimum Gasteiger partial charge on any atom is -0.362 e. The van der Waals surface area contributed by atoms with E-state index in [0.717, 1.165) is 27.8 Å². The summed E-state index contributed by atoms with van der Waals surface area (Å²) in [4.78, 5) is 6.53. The summed E-state index contributed by atoms with van der Waals surface area (Å²) in [6.45, 7) is 2.07. The van der Waals surface area contributed by atoms with Gasteiger partial charge >= 0.3 is 0 Å². The van der Waals surface area contributed by atoms with Gasteiger partial charge in [0.05, 0.1) is 11.9 Å². The number of fused-ring (bicyclic) bond motifs is 1. The number of nitrogens with one attached hydrogen (secondary N) is 1. The van der Waals surface area contributed by atoms with Crippen LogP contribution in [0.1, 0.15) is 5.56 Å². The smallest absolute Gasteiger partial charge is 0.136 e. The maximum atomic E-state index is 13.4. The van der Waals surface area contributed by atoms with E-state index in [-0.39, 0.29) is 5.82 Å². The molecule has 0 aliphatic carbocycles. The molecule has 0 fully saturated rings. The third kappa shape index (κ3) is 2.60. The number of aromatic nitrogens is 1. The van der Waals surface area contributed by atoms with Crippen LogP contribution in [0.25, 0.3) is 10.8 Å². The first-order chi connectivity index (χ1) is 10.6. The topological polar surface area (TPSA) is 28.2 Å². The molecule has 0 atom stereocenters. The Balaban J connectivity index is 2.16. The van der Waals surface area contributed by atoms with Crippen molar-refractivity contribution >= 4 is 28.0 Å². The van der Waals surface area contributed by atoms with Gasteiger partial charge < -0.3 is 10.2 Å². The van der Waals surface area contributed by atoms with E-state index >= 15 is 0 Å². The van der Waals surface area contributed by atoms with Crippen molar-refractivity contribution in [2.75, 3.05) is 24.3 Å². The van der Waals surface area contributed by atoms with Gasteiger partial charge in [-0.15, -0.1) is 0 Å². The van der Waals surface area contributed by atoms with Crippen molar-refractivity contribution in [1.29, 1.82) is 0 Å². The predicted molar refractivity (Wildman–Crippen MR) is 90.5 cm³/mol. The fourth-order valence-corrected chi connectivity index (χ4v) is 2.64. The molecule has 0 aliphatic heterocycles. The molecule has 2 aromatic carbocycles. The molecule has 4 heteroatoms. The summed E-state index contributed by atoms with van der Waals surface area (Å²) in [5, 5.41) is 5.45. The molecule has 1 heterocycles. The predicted octanol–water partition coefficient (Wildman–Crippen LogP) is 4.49. The number of benzene rings is 2. The highest BCUT2D eigenvalue weighted by atomic mass is 19.1. The molecule has 0 radical (unpaired) electrons. The third-order valence-electron chi connectivity index (χ3n) is 3.63. The number of halogens is 1. The standard InChI is InChI=1S/C18H18FN3/c1-12-6-4-9-15-17(12)16(11-20-18(15)22(2)3)21-14-8-5-7-13(19)10-14/h4-11,21H,1-3H3. The van der Waals surface area contributed by atoms with Gasteiger partial charge in [-0.25, -0.2) is 9.37 Å². The first-order valence-corrected chi connectivity index (χ1v) is 7.14. The van der Waals surface area contributed by atoms with Gasteiger partial charge in [0, 0.05) is 30.6 Å². The lowest BCUT2D eigenvalue weighted by Crippen LogP contribution is -2.11. The normalized spacial score (nSPS) is 10.7. The molecule has 112 valence electrons. The summed E-state index contributed by atoms with van der Waals surface area (Å²) in [6.07, 6.45) is 1.80. The van der Waals surface area contributed by atoms with Gasteiger partial charge in [-0.3, -0.25) is 0 Å². The van der Waals surface area contributed by atoms with Crippen molar-refractivity contribution in [2.24, 2.45) is 0 Å². The molecule has 0 aliphatic rings. The Hall–Kier alpha value is -2.62. The summed E-state index contributed by atoms with van der Waals surface area (Å²) < 4.78 is 13.4. The highest BCUT2D eigenvalue weighted by Gasteiger charge is 2.11. The Morgan fingerprint density at radius 2 is 1.86 bits per heavy atom. The van der Waals surface area contributed by atoms with Crippen LogP contribution < -0.4 is 10.2 Å². The van der Waals surface area contributed by atoms with Crippen LogP contribution in [-0.2, 0) is 0 Å². The Bertz CT molecular complexity index is 828. The van der Waals surface area contributed by atoms with Crippen LogP contribution in [0.4, 0.5) is 21.6 Å². The molecule has 3 aromatic rings. The number of hydrogen-bond donors (Lipinski definition) is 1. The van der Waals surface area contributed by atoms with Crippen LogP contribution in [-0.4, -0.2) is 19.1 Å². The molecule has 0 spiro atoms. The lowest BCUT2D eigenvalue weighted by molar-refractivity contribution is 0.628. The SMILES string of the molecule is Cc1cccc2c(N(C)C)ncc(Nc3cccc(F)c3)c12. The molecule has 0 unspecified atom stereocenters. The van der Waals surface area contributed by atoms with Gasteiger partial charge in [0.15, 0.2) is 0 Å². The Morgan fingerprint density at radius 1 is 1.09 bits per heavy atom. The monoisotopic (exact) mass is 295 g/mol. The van der Waals surface area contributed by atoms with Gasteiger partial charge in [-0.05, 0) is 30.7 Å². The van der Waals surface area contributed by atoms with Crippen molar-refractivity contribution in [3.63, 3.8) is 0 Å². The summed E-state index contributed by atoms with van der Waals surface area (Å²) in [6, 6.07) is 12.6. The Kier molecular flexibility index (Phi) is 3.67. The maximum Gasteiger partial charge on any atom is 0.136 e. The van der Waals surface area contributed by atoms with Gasteiger partial charge in [-0.1, -0.05) is 24.3 Å². The van der Waals surface area contributed by atoms with Crippen molar-refractivity contribution in [1.82, 2.24) is 4.98 Å². The van der Waals surface area contributed by atoms with E-state index in [2.05, 4.69) is 29.4 Å². The van der Waals surface area contributed by atoms with E-state index in [9.17, 15) is 4.39 Å². The summed E-state index contributed by atoms with van der Waals surface area (Å²) in [7, 11) is 3.95. The van der Waals surface area contributed by atoms with Gasteiger partial charge in [0.25, 0.3) is 0 Å². The van der Waals surface area contributed by atoms with E-state index in [0.29, 0.717) is 5.69 Å². The number of aryl methyl sites for hydroxylation is 1. The lowest BCUT2D eigenvalue weighted by atomic mass is 10.0. The number of rotatable bonds is 3. The number of pyridine rings is 1. The third-order valence-corrected chi connectivity index (χ3v) is 3.63. The van der Waals surface area contributed by atoms with Gasteiger partial charge in [-0.2, -0.15) is 0 Å². The average Bonchev–Trinajstić information content (AvgIpc) is 2.47. The van der Waals surface area contributed by atoms with Crippen molar-refractivity contribution < 1.29 is 4.39 Å². The average molecular weight is 295 g/mol. The first-order valence-electron chi connectivity index (χ1n) is 7.14. The maximum absolute atomic E-state index is 13.4. The van der Waals surface area contributed by atoms with Crippen LogP contribution in [0.15, 0.2) is 48.7 Å². The second kappa shape index (κ2) is 5.64. The highest BCUT2D eigenvalue weighted by Crippen LogP contribution is 2.33. The molecule has 1 N–H and O–H groups in total. The summed E-state index contributed by atoms with van der Waals surface area (Å²) in [5.41, 5.74) is 2.75. The molecule has 1 aromatic heterocycles. The number of nitrogens with zero attached hydrogens (tertiary/aromatic N) is 2. The fourth-order valence-electron chi connectivity index (χ4n) is 2.64. The van der Waals surface area contributed by atoms with Crippen molar-refractivity contribution in [3.05, 3.63) is 60.0 Å². The molecular formula is C18H18FN3. The molecular weight excluding hydrogens is 277 g/mol. The summed E-state index contributed by atoms with van der Waals surface area (Å²) in [5.74, 6) is 0.660. The second-order valence-corrected chi connectivity index (χ2v) is 5.52. The van der Waals surface area contributed by atoms with Crippen LogP contribution in [0.2, 0.25) is 0 Å². The fraction of sp³-hybridized carbons (Fsp3) is 0.167. The molecule has 22 heavy (non-hydrogen) atoms. The Morgan fingerprint density at radius 3 is 2.59 bits per heavy atom. The number of anilines is 3. The first kappa shape index (κ1) is 14.3. The molecule has 0 bridgehead atoms. The van der Waals surface area contributed by atoms with Crippen LogP contribution in [0, 0.1) is 12.7 Å². The molecule has 3 rings (SSSR count). The van der Waals surface area contributed by atoms with Crippen LogP contribution in [0.3, 0.4) is 0 Å². The number of hydrogen-bond acceptors (Lipinski definition) is 3. The molecule has 0 amide bonds.